The predicted octanol–water partition coefficient (Wildman–Crippen LogP) is 3.45. The van der Waals surface area contributed by atoms with E-state index in [1.165, 1.54) is 4.90 Å². The number of nitrogens with zero attached hydrogens (tertiary/aromatic N) is 1. The van der Waals surface area contributed by atoms with Crippen LogP contribution in [-0.4, -0.2) is 35.1 Å². The topological polar surface area (TPSA) is 69.6 Å². The molecule has 0 unspecified atom stereocenters. The lowest BCUT2D eigenvalue weighted by Crippen LogP contribution is -2.38. The van der Waals surface area contributed by atoms with E-state index in [-0.39, 0.29) is 22.6 Å². The van der Waals surface area contributed by atoms with E-state index >= 15 is 0 Å². The molecule has 3 rings (SSSR count). The maximum atomic E-state index is 13.8. The lowest BCUT2D eigenvalue weighted by molar-refractivity contribution is -0.149. The summed E-state index contributed by atoms with van der Waals surface area (Å²) in [6.45, 7) is 0.415. The van der Waals surface area contributed by atoms with Crippen LogP contribution in [-0.2, 0) is 4.79 Å². The molecular weight excluding hydrogens is 374 g/mol. The van der Waals surface area contributed by atoms with Crippen LogP contribution in [0.15, 0.2) is 16.6 Å². The second kappa shape index (κ2) is 5.74. The van der Waals surface area contributed by atoms with Gasteiger partial charge in [0, 0.05) is 19.2 Å². The Labute approximate surface area is 139 Å². The van der Waals surface area contributed by atoms with E-state index in [1.807, 2.05) is 0 Å². The summed E-state index contributed by atoms with van der Waals surface area (Å²) in [6, 6.07) is 1.21. The van der Waals surface area contributed by atoms with Gasteiger partial charge in [0.2, 0.25) is 0 Å². The van der Waals surface area contributed by atoms with Crippen molar-refractivity contribution in [2.75, 3.05) is 18.4 Å². The van der Waals surface area contributed by atoms with Crippen LogP contribution in [0.4, 0.5) is 19.3 Å². The number of fused-ring (bicyclic) bond motifs is 1. The van der Waals surface area contributed by atoms with Crippen LogP contribution >= 0.6 is 15.9 Å². The van der Waals surface area contributed by atoms with Gasteiger partial charge in [0.15, 0.2) is 0 Å². The van der Waals surface area contributed by atoms with Crippen LogP contribution in [0.1, 0.15) is 19.3 Å². The molecule has 1 aliphatic carbocycles. The van der Waals surface area contributed by atoms with Crippen molar-refractivity contribution in [3.05, 3.63) is 28.2 Å². The smallest absolute Gasteiger partial charge is 0.321 e. The van der Waals surface area contributed by atoms with E-state index in [4.69, 9.17) is 0 Å². The van der Waals surface area contributed by atoms with Crippen molar-refractivity contribution in [1.82, 2.24) is 4.90 Å². The fourth-order valence-electron chi connectivity index (χ4n) is 3.61. The molecule has 5 nitrogen and oxygen atoms in total. The number of anilines is 1. The molecule has 1 aromatic carbocycles. The Morgan fingerprint density at radius 3 is 2.74 bits per heavy atom. The quantitative estimate of drug-likeness (QED) is 0.762. The summed E-state index contributed by atoms with van der Waals surface area (Å²) >= 11 is 2.86. The van der Waals surface area contributed by atoms with Crippen molar-refractivity contribution in [2.45, 2.75) is 19.3 Å². The Bertz CT molecular complexity index is 685. The van der Waals surface area contributed by atoms with Gasteiger partial charge in [0.1, 0.15) is 11.6 Å². The lowest BCUT2D eigenvalue weighted by Gasteiger charge is -2.23. The average molecular weight is 389 g/mol. The summed E-state index contributed by atoms with van der Waals surface area (Å²) in [7, 11) is 0. The first-order valence-corrected chi connectivity index (χ1v) is 8.06. The first kappa shape index (κ1) is 16.2. The van der Waals surface area contributed by atoms with Crippen LogP contribution < -0.4 is 5.32 Å². The Kier molecular flexibility index (Phi) is 4.03. The number of urea groups is 1. The predicted molar refractivity (Wildman–Crippen MR) is 82.1 cm³/mol. The van der Waals surface area contributed by atoms with E-state index in [0.29, 0.717) is 13.0 Å². The number of halogens is 3. The van der Waals surface area contributed by atoms with Crippen molar-refractivity contribution in [2.24, 2.45) is 11.3 Å². The van der Waals surface area contributed by atoms with Crippen LogP contribution in [0.3, 0.4) is 0 Å². The van der Waals surface area contributed by atoms with Gasteiger partial charge in [0.05, 0.1) is 15.6 Å². The third-order valence-electron chi connectivity index (χ3n) is 4.84. The number of carbonyl (C=O) groups excluding carboxylic acids is 1. The highest BCUT2D eigenvalue weighted by Gasteiger charge is 2.55. The van der Waals surface area contributed by atoms with Gasteiger partial charge >= 0.3 is 12.0 Å². The average Bonchev–Trinajstić information content (AvgIpc) is 3.02. The molecule has 1 aromatic rings. The summed E-state index contributed by atoms with van der Waals surface area (Å²) < 4.78 is 27.2. The summed E-state index contributed by atoms with van der Waals surface area (Å²) in [5.41, 5.74) is -1.17. The maximum Gasteiger partial charge on any atom is 0.321 e. The minimum absolute atomic E-state index is 0.0338. The van der Waals surface area contributed by atoms with Gasteiger partial charge in [0.25, 0.3) is 0 Å². The molecule has 23 heavy (non-hydrogen) atoms. The molecule has 0 radical (unpaired) electrons. The number of nitrogens with one attached hydrogen (secondary N) is 1. The molecule has 0 aromatic heterocycles. The summed E-state index contributed by atoms with van der Waals surface area (Å²) in [4.78, 5) is 25.2. The molecule has 1 saturated carbocycles. The Hall–Kier alpha value is -1.70. The van der Waals surface area contributed by atoms with Crippen molar-refractivity contribution in [1.29, 1.82) is 0 Å². The molecule has 8 heteroatoms. The highest BCUT2D eigenvalue weighted by molar-refractivity contribution is 9.10. The molecule has 0 spiro atoms. The molecule has 0 bridgehead atoms. The second-order valence-corrected chi connectivity index (χ2v) is 6.96. The minimum atomic E-state index is -0.902. The van der Waals surface area contributed by atoms with Gasteiger partial charge in [-0.25, -0.2) is 13.6 Å². The number of hydrogen-bond donors (Lipinski definition) is 2. The molecule has 2 fully saturated rings. The van der Waals surface area contributed by atoms with E-state index in [1.54, 1.807) is 0 Å². The second-order valence-electron chi connectivity index (χ2n) is 6.11. The van der Waals surface area contributed by atoms with Gasteiger partial charge in [-0.3, -0.25) is 4.79 Å². The fraction of sp³-hybridized carbons (Fsp3) is 0.467. The molecule has 1 heterocycles. The number of carbonyl (C=O) groups is 2. The van der Waals surface area contributed by atoms with Gasteiger partial charge in [-0.05, 0) is 40.8 Å². The van der Waals surface area contributed by atoms with Crippen molar-refractivity contribution < 1.29 is 23.5 Å². The third-order valence-corrected chi connectivity index (χ3v) is 5.44. The summed E-state index contributed by atoms with van der Waals surface area (Å²) in [5, 5.41) is 11.8. The zero-order valence-corrected chi connectivity index (χ0v) is 13.7. The van der Waals surface area contributed by atoms with Crippen molar-refractivity contribution >= 4 is 33.6 Å². The SMILES string of the molecule is O=C(Nc1cc(F)c(Br)cc1F)N1C[C@@H]2CCC[C@@]2(C(=O)O)C1. The molecule has 2 N–H and O–H groups in total. The Morgan fingerprint density at radius 2 is 2.09 bits per heavy atom. The number of aliphatic carboxylic acids is 1. The summed E-state index contributed by atoms with van der Waals surface area (Å²) in [6.07, 6.45) is 2.13. The summed E-state index contributed by atoms with van der Waals surface area (Å²) in [5.74, 6) is -2.44. The van der Waals surface area contributed by atoms with E-state index < -0.39 is 29.0 Å². The number of carboxylic acids is 1. The molecule has 2 aliphatic rings. The molecule has 2 atom stereocenters. The fourth-order valence-corrected chi connectivity index (χ4v) is 3.92. The lowest BCUT2D eigenvalue weighted by atomic mass is 9.81. The zero-order valence-electron chi connectivity index (χ0n) is 12.1. The molecular formula is C15H15BrF2N2O3. The van der Waals surface area contributed by atoms with E-state index in [0.717, 1.165) is 25.0 Å². The van der Waals surface area contributed by atoms with Crippen LogP contribution in [0, 0.1) is 23.0 Å². The van der Waals surface area contributed by atoms with Gasteiger partial charge in [-0.2, -0.15) is 0 Å². The van der Waals surface area contributed by atoms with E-state index in [9.17, 15) is 23.5 Å². The molecule has 124 valence electrons. The van der Waals surface area contributed by atoms with Crippen LogP contribution in [0.2, 0.25) is 0 Å². The third kappa shape index (κ3) is 2.69. The molecule has 2 amide bonds. The monoisotopic (exact) mass is 388 g/mol. The van der Waals surface area contributed by atoms with Crippen LogP contribution in [0.25, 0.3) is 0 Å². The zero-order chi connectivity index (χ0) is 16.8. The van der Waals surface area contributed by atoms with Gasteiger partial charge in [-0.15, -0.1) is 0 Å². The normalized spacial score (nSPS) is 26.2. The number of amides is 2. The minimum Gasteiger partial charge on any atom is -0.481 e. The first-order valence-electron chi connectivity index (χ1n) is 7.27. The van der Waals surface area contributed by atoms with Crippen molar-refractivity contribution in [3.63, 3.8) is 0 Å². The highest BCUT2D eigenvalue weighted by atomic mass is 79.9. The molecule has 1 aliphatic heterocycles. The largest absolute Gasteiger partial charge is 0.481 e. The number of benzene rings is 1. The van der Waals surface area contributed by atoms with Gasteiger partial charge in [-0.1, -0.05) is 6.42 Å². The van der Waals surface area contributed by atoms with Gasteiger partial charge < -0.3 is 15.3 Å². The molecule has 1 saturated heterocycles. The standard InChI is InChI=1S/C15H15BrF2N2O3/c16-9-4-11(18)12(5-10(9)17)19-14(23)20-6-8-2-1-3-15(8,7-20)13(21)22/h4-5,8H,1-3,6-7H2,(H,19,23)(H,21,22)/t8-,15+/m0/s1. The first-order chi connectivity index (χ1) is 10.8. The Balaban J connectivity index is 1.76. The number of carboxylic acid groups (broad SMARTS) is 1. The van der Waals surface area contributed by atoms with Crippen LogP contribution in [0.5, 0.6) is 0 Å². The number of hydrogen-bond acceptors (Lipinski definition) is 2. The maximum absolute atomic E-state index is 13.8. The van der Waals surface area contributed by atoms with Crippen molar-refractivity contribution in [3.8, 4) is 0 Å². The Morgan fingerprint density at radius 1 is 1.35 bits per heavy atom. The number of likely N-dealkylation sites (tertiary alicyclic amines) is 1. The van der Waals surface area contributed by atoms with E-state index in [2.05, 4.69) is 21.2 Å². The number of rotatable bonds is 2. The highest BCUT2D eigenvalue weighted by Crippen LogP contribution is 2.49.